The second-order valence-electron chi connectivity index (χ2n) is 5.82. The summed E-state index contributed by atoms with van der Waals surface area (Å²) in [7, 11) is -3.67. The topological polar surface area (TPSA) is 92.5 Å². The van der Waals surface area contributed by atoms with Crippen LogP contribution in [0.15, 0.2) is 26.9 Å². The third-order valence-electron chi connectivity index (χ3n) is 4.07. The molecule has 24 heavy (non-hydrogen) atoms. The molecular formula is C15H19N3O4S2. The summed E-state index contributed by atoms with van der Waals surface area (Å²) in [6.45, 7) is 4.25. The van der Waals surface area contributed by atoms with Gasteiger partial charge < -0.3 is 9.42 Å². The summed E-state index contributed by atoms with van der Waals surface area (Å²) < 4.78 is 32.7. The van der Waals surface area contributed by atoms with Crippen LogP contribution in [-0.2, 0) is 10.0 Å². The molecule has 3 heterocycles. The lowest BCUT2D eigenvalue weighted by Crippen LogP contribution is -2.46. The number of hydrogen-bond acceptors (Lipinski definition) is 6. The number of aromatic nitrogens is 1. The fourth-order valence-electron chi connectivity index (χ4n) is 2.89. The number of thiophene rings is 1. The van der Waals surface area contributed by atoms with Crippen LogP contribution in [0.25, 0.3) is 0 Å². The van der Waals surface area contributed by atoms with E-state index in [2.05, 4.69) is 9.88 Å². The summed E-state index contributed by atoms with van der Waals surface area (Å²) >= 11 is 1.42. The van der Waals surface area contributed by atoms with Gasteiger partial charge in [0, 0.05) is 19.1 Å². The second kappa shape index (κ2) is 6.66. The minimum Gasteiger partial charge on any atom is -0.360 e. The number of nitrogens with zero attached hydrogens (tertiary/aromatic N) is 2. The van der Waals surface area contributed by atoms with Crippen LogP contribution < -0.4 is 4.72 Å². The Morgan fingerprint density at radius 3 is 2.62 bits per heavy atom. The molecule has 2 aromatic heterocycles. The monoisotopic (exact) mass is 369 g/mol. The van der Waals surface area contributed by atoms with E-state index in [1.54, 1.807) is 24.8 Å². The molecule has 1 saturated heterocycles. The maximum atomic E-state index is 12.5. The van der Waals surface area contributed by atoms with E-state index in [4.69, 9.17) is 4.52 Å². The van der Waals surface area contributed by atoms with Gasteiger partial charge in [-0.2, -0.15) is 0 Å². The standard InChI is InChI=1S/C15H19N3O4S2/c1-10-14(11(2)22-16-10)24(20,21)17-12-5-7-18(8-6-12)15(19)13-4-3-9-23-13/h3-4,9,12,17H,5-8H2,1-2H3. The first-order valence-corrected chi connectivity index (χ1v) is 10.0. The molecule has 7 nitrogen and oxygen atoms in total. The first-order chi connectivity index (χ1) is 11.4. The van der Waals surface area contributed by atoms with E-state index in [1.807, 2.05) is 11.4 Å². The molecule has 1 N–H and O–H groups in total. The van der Waals surface area contributed by atoms with E-state index in [0.717, 1.165) is 0 Å². The highest BCUT2D eigenvalue weighted by molar-refractivity contribution is 7.89. The first kappa shape index (κ1) is 17.1. The first-order valence-electron chi connectivity index (χ1n) is 7.66. The van der Waals surface area contributed by atoms with Crippen LogP contribution in [0.2, 0.25) is 0 Å². The molecule has 0 bridgehead atoms. The Morgan fingerprint density at radius 1 is 1.38 bits per heavy atom. The largest absolute Gasteiger partial charge is 0.360 e. The molecule has 1 aliphatic heterocycles. The molecule has 0 unspecified atom stereocenters. The van der Waals surface area contributed by atoms with Crippen LogP contribution in [0.4, 0.5) is 0 Å². The number of rotatable bonds is 4. The van der Waals surface area contributed by atoms with Crippen LogP contribution in [-0.4, -0.2) is 43.5 Å². The van der Waals surface area contributed by atoms with Crippen molar-refractivity contribution in [2.45, 2.75) is 37.6 Å². The smallest absolute Gasteiger partial charge is 0.263 e. The maximum Gasteiger partial charge on any atom is 0.263 e. The molecule has 9 heteroatoms. The zero-order valence-corrected chi connectivity index (χ0v) is 15.1. The molecule has 1 amide bonds. The number of nitrogens with one attached hydrogen (secondary N) is 1. The summed E-state index contributed by atoms with van der Waals surface area (Å²) in [6, 6.07) is 3.46. The molecular weight excluding hydrogens is 350 g/mol. The highest BCUT2D eigenvalue weighted by Crippen LogP contribution is 2.22. The highest BCUT2D eigenvalue weighted by Gasteiger charge is 2.30. The molecule has 0 atom stereocenters. The van der Waals surface area contributed by atoms with E-state index in [9.17, 15) is 13.2 Å². The van der Waals surface area contributed by atoms with Crippen molar-refractivity contribution in [3.8, 4) is 0 Å². The van der Waals surface area contributed by atoms with Crippen molar-refractivity contribution >= 4 is 27.3 Å². The van der Waals surface area contributed by atoms with Crippen molar-refractivity contribution in [2.24, 2.45) is 0 Å². The number of likely N-dealkylation sites (tertiary alicyclic amines) is 1. The summed E-state index contributed by atoms with van der Waals surface area (Å²) in [5.74, 6) is 0.294. The Balaban J connectivity index is 1.62. The minimum absolute atomic E-state index is 0.0111. The van der Waals surface area contributed by atoms with Gasteiger partial charge in [-0.1, -0.05) is 11.2 Å². The van der Waals surface area contributed by atoms with E-state index in [0.29, 0.717) is 36.5 Å². The number of carbonyl (C=O) groups excluding carboxylic acids is 1. The lowest BCUT2D eigenvalue weighted by atomic mass is 10.1. The van der Waals surface area contributed by atoms with Crippen LogP contribution >= 0.6 is 11.3 Å². The van der Waals surface area contributed by atoms with Gasteiger partial charge in [0.05, 0.1) is 4.88 Å². The predicted molar refractivity (Wildman–Crippen MR) is 89.5 cm³/mol. The molecule has 3 rings (SSSR count). The van der Waals surface area contributed by atoms with Crippen LogP contribution in [0, 0.1) is 13.8 Å². The number of aryl methyl sites for hydroxylation is 2. The number of carbonyl (C=O) groups is 1. The molecule has 0 radical (unpaired) electrons. The maximum absolute atomic E-state index is 12.5. The van der Waals surface area contributed by atoms with Gasteiger partial charge in [-0.25, -0.2) is 13.1 Å². The third kappa shape index (κ3) is 3.38. The SMILES string of the molecule is Cc1noc(C)c1S(=O)(=O)NC1CCN(C(=O)c2cccs2)CC1. The van der Waals surface area contributed by atoms with Gasteiger partial charge in [0.15, 0.2) is 5.76 Å². The van der Waals surface area contributed by atoms with E-state index in [-0.39, 0.29) is 22.6 Å². The van der Waals surface area contributed by atoms with Crippen molar-refractivity contribution in [3.63, 3.8) is 0 Å². The minimum atomic E-state index is -3.67. The second-order valence-corrected chi connectivity index (χ2v) is 8.42. The van der Waals surface area contributed by atoms with E-state index < -0.39 is 10.0 Å². The number of piperidine rings is 1. The van der Waals surface area contributed by atoms with Gasteiger partial charge in [-0.05, 0) is 38.1 Å². The Kier molecular flexibility index (Phi) is 4.75. The van der Waals surface area contributed by atoms with Crippen LogP contribution in [0.3, 0.4) is 0 Å². The van der Waals surface area contributed by atoms with Crippen molar-refractivity contribution in [1.82, 2.24) is 14.8 Å². The van der Waals surface area contributed by atoms with E-state index >= 15 is 0 Å². The number of hydrogen-bond donors (Lipinski definition) is 1. The number of amides is 1. The zero-order chi connectivity index (χ0) is 17.3. The van der Waals surface area contributed by atoms with Gasteiger partial charge in [-0.3, -0.25) is 4.79 Å². The zero-order valence-electron chi connectivity index (χ0n) is 13.5. The van der Waals surface area contributed by atoms with Gasteiger partial charge in [0.2, 0.25) is 10.0 Å². The predicted octanol–water partition coefficient (Wildman–Crippen LogP) is 1.94. The fourth-order valence-corrected chi connectivity index (χ4v) is 5.22. The highest BCUT2D eigenvalue weighted by atomic mass is 32.2. The fraction of sp³-hybridized carbons (Fsp3) is 0.467. The molecule has 2 aromatic rings. The quantitative estimate of drug-likeness (QED) is 0.889. The summed E-state index contributed by atoms with van der Waals surface area (Å²) in [5.41, 5.74) is 0.352. The van der Waals surface area contributed by atoms with Crippen molar-refractivity contribution in [1.29, 1.82) is 0 Å². The lowest BCUT2D eigenvalue weighted by molar-refractivity contribution is 0.0716. The van der Waals surface area contributed by atoms with E-state index in [1.165, 1.54) is 11.3 Å². The molecule has 0 saturated carbocycles. The molecule has 1 fully saturated rings. The van der Waals surface area contributed by atoms with Gasteiger partial charge in [-0.15, -0.1) is 11.3 Å². The van der Waals surface area contributed by atoms with Gasteiger partial charge >= 0.3 is 0 Å². The Morgan fingerprint density at radius 2 is 2.08 bits per heavy atom. The summed E-state index contributed by atoms with van der Waals surface area (Å²) in [6.07, 6.45) is 1.17. The Labute approximate surface area is 144 Å². The van der Waals surface area contributed by atoms with Crippen molar-refractivity contribution in [3.05, 3.63) is 33.8 Å². The Bertz CT molecular complexity index is 800. The van der Waals surface area contributed by atoms with Crippen LogP contribution in [0.1, 0.15) is 34.0 Å². The molecule has 0 spiro atoms. The van der Waals surface area contributed by atoms with Crippen LogP contribution in [0.5, 0.6) is 0 Å². The van der Waals surface area contributed by atoms with Gasteiger partial charge in [0.25, 0.3) is 5.91 Å². The lowest BCUT2D eigenvalue weighted by Gasteiger charge is -2.32. The summed E-state index contributed by atoms with van der Waals surface area (Å²) in [5, 5.41) is 5.57. The summed E-state index contributed by atoms with van der Waals surface area (Å²) in [4.78, 5) is 14.9. The van der Waals surface area contributed by atoms with Crippen molar-refractivity contribution < 1.29 is 17.7 Å². The molecule has 130 valence electrons. The van der Waals surface area contributed by atoms with Gasteiger partial charge in [0.1, 0.15) is 10.6 Å². The average molecular weight is 369 g/mol. The molecule has 1 aliphatic rings. The van der Waals surface area contributed by atoms with Crippen molar-refractivity contribution in [2.75, 3.05) is 13.1 Å². The molecule has 0 aliphatic carbocycles. The Hall–Kier alpha value is -1.71. The molecule has 0 aromatic carbocycles. The third-order valence-corrected chi connectivity index (χ3v) is 6.69. The normalized spacial score (nSPS) is 16.5. The number of sulfonamides is 1. The average Bonchev–Trinajstić information content (AvgIpc) is 3.17.